The summed E-state index contributed by atoms with van der Waals surface area (Å²) in [5, 5.41) is 0. The van der Waals surface area contributed by atoms with E-state index in [1.807, 2.05) is 0 Å². The van der Waals surface area contributed by atoms with E-state index in [1.54, 1.807) is 0 Å². The molecular weight excluding hydrogens is 329 g/mol. The SMILES string of the molecule is [Eu+3].[O]=[Al][O-].[O]=[Al][O-].[O]=[Al][O-]. The molecule has 0 fully saturated rings. The van der Waals surface area contributed by atoms with E-state index in [-0.39, 0.29) is 49.4 Å². The molecule has 0 atom stereocenters. The van der Waals surface area contributed by atoms with Gasteiger partial charge in [-0.1, -0.05) is 0 Å². The van der Waals surface area contributed by atoms with Gasteiger partial charge in [0.25, 0.3) is 0 Å². The van der Waals surface area contributed by atoms with Crippen molar-refractivity contribution in [1.29, 1.82) is 0 Å². The first-order valence-corrected chi connectivity index (χ1v) is 4.24. The Morgan fingerprint density at radius 3 is 0.700 bits per heavy atom. The quantitative estimate of drug-likeness (QED) is 0.410. The van der Waals surface area contributed by atoms with Gasteiger partial charge in [-0.3, -0.25) is 0 Å². The van der Waals surface area contributed by atoms with Gasteiger partial charge in [-0.25, -0.2) is 0 Å². The Morgan fingerprint density at radius 1 is 0.700 bits per heavy atom. The van der Waals surface area contributed by atoms with E-state index in [0.717, 1.165) is 0 Å². The third kappa shape index (κ3) is 205. The number of hydrogen-bond donors (Lipinski definition) is 0. The molecule has 0 unspecified atom stereocenters. The zero-order valence-electron chi connectivity index (χ0n) is 4.56. The van der Waals surface area contributed by atoms with Crippen LogP contribution >= 0.6 is 0 Å². The molecule has 0 heterocycles. The Bertz CT molecular complexity index is 49.7. The van der Waals surface area contributed by atoms with Crippen molar-refractivity contribution in [3.8, 4) is 0 Å². The maximum absolute atomic E-state index is 8.46. The van der Waals surface area contributed by atoms with E-state index in [1.165, 1.54) is 0 Å². The second kappa shape index (κ2) is 44.1. The summed E-state index contributed by atoms with van der Waals surface area (Å²) in [5.74, 6) is 0. The molecule has 10 heavy (non-hydrogen) atoms. The Hall–Kier alpha value is 1.98. The van der Waals surface area contributed by atoms with Crippen LogP contribution in [0.5, 0.6) is 0 Å². The molecule has 6 nitrogen and oxygen atoms in total. The van der Waals surface area contributed by atoms with Crippen LogP contribution in [-0.4, -0.2) is 46.5 Å². The summed E-state index contributed by atoms with van der Waals surface area (Å²) in [6.07, 6.45) is 0. The molecule has 10 heteroatoms. The molecule has 0 saturated carbocycles. The van der Waals surface area contributed by atoms with Crippen molar-refractivity contribution in [3.63, 3.8) is 0 Å². The summed E-state index contributed by atoms with van der Waals surface area (Å²) in [6.45, 7) is 0. The monoisotopic (exact) mass is 330 g/mol. The normalized spacial score (nSPS) is 2.40. The van der Waals surface area contributed by atoms with Crippen molar-refractivity contribution in [2.75, 3.05) is 0 Å². The summed E-state index contributed by atoms with van der Waals surface area (Å²) in [5.41, 5.74) is 0. The first-order chi connectivity index (χ1) is 4.24. The molecule has 0 aliphatic rings. The summed E-state index contributed by atoms with van der Waals surface area (Å²) in [6, 6.07) is 0. The van der Waals surface area contributed by atoms with Crippen molar-refractivity contribution in [2.24, 2.45) is 0 Å². The standard InChI is InChI=1S/3Al.Eu.6O/q;;;+3;;;;3*-1. The average molecular weight is 329 g/mol. The van der Waals surface area contributed by atoms with E-state index >= 15 is 0 Å². The fourth-order valence-electron chi connectivity index (χ4n) is 0. The summed E-state index contributed by atoms with van der Waals surface area (Å²) >= 11 is -5.25. The van der Waals surface area contributed by atoms with Gasteiger partial charge in [-0.15, -0.1) is 0 Å². The molecule has 0 aromatic rings. The first-order valence-electron chi connectivity index (χ1n) is 1.41. The topological polar surface area (TPSA) is 120 Å². The van der Waals surface area contributed by atoms with Crippen molar-refractivity contribution in [1.82, 2.24) is 0 Å². The van der Waals surface area contributed by atoms with Gasteiger partial charge in [0.2, 0.25) is 0 Å². The second-order valence-electron chi connectivity index (χ2n) is 0.289. The predicted octanol–water partition coefficient (Wildman–Crippen LogP) is -5.07. The van der Waals surface area contributed by atoms with Gasteiger partial charge in [0.1, 0.15) is 0 Å². The van der Waals surface area contributed by atoms with Crippen molar-refractivity contribution < 1.29 is 73.3 Å². The van der Waals surface area contributed by atoms with E-state index < -0.39 is 46.5 Å². The Kier molecular flexibility index (Phi) is 100.0. The van der Waals surface area contributed by atoms with Gasteiger partial charge in [0.05, 0.1) is 0 Å². The van der Waals surface area contributed by atoms with Crippen molar-refractivity contribution in [3.05, 3.63) is 0 Å². The van der Waals surface area contributed by atoms with Crippen LogP contribution < -0.4 is 12.5 Å². The number of rotatable bonds is 0. The van der Waals surface area contributed by atoms with Crippen LogP contribution in [0.2, 0.25) is 0 Å². The summed E-state index contributed by atoms with van der Waals surface area (Å²) in [7, 11) is 0. The molecule has 0 aliphatic heterocycles. The van der Waals surface area contributed by atoms with Crippen LogP contribution in [0.25, 0.3) is 0 Å². The van der Waals surface area contributed by atoms with E-state index in [2.05, 4.69) is 0 Å². The van der Waals surface area contributed by atoms with Crippen LogP contribution in [0, 0.1) is 49.4 Å². The van der Waals surface area contributed by atoms with Crippen molar-refractivity contribution >= 4 is 46.5 Å². The maximum atomic E-state index is 8.46. The fourth-order valence-corrected chi connectivity index (χ4v) is 0. The fraction of sp³-hybridized carbons (Fsp3) is 0. The predicted molar refractivity (Wildman–Crippen MR) is 19.3 cm³/mol. The van der Waals surface area contributed by atoms with Crippen LogP contribution in [0.4, 0.5) is 0 Å². The molecule has 0 spiro atoms. The van der Waals surface area contributed by atoms with Gasteiger partial charge in [-0.05, 0) is 0 Å². The third-order valence-electron chi connectivity index (χ3n) is 0. The first kappa shape index (κ1) is 22.7. The van der Waals surface area contributed by atoms with Crippen LogP contribution in [-0.2, 0) is 11.4 Å². The molecule has 0 aromatic carbocycles. The molecule has 0 aliphatic carbocycles. The van der Waals surface area contributed by atoms with Crippen LogP contribution in [0.15, 0.2) is 0 Å². The zero-order valence-corrected chi connectivity index (χ0v) is 10.4. The molecule has 0 saturated heterocycles. The van der Waals surface area contributed by atoms with Crippen LogP contribution in [0.3, 0.4) is 0 Å². The number of hydrogen-bond acceptors (Lipinski definition) is 6. The Morgan fingerprint density at radius 2 is 0.700 bits per heavy atom. The minimum absolute atomic E-state index is 0. The molecular formula is Al3EuO6. The minimum atomic E-state index is -1.75. The Balaban J connectivity index is -0.0000000257. The van der Waals surface area contributed by atoms with Gasteiger partial charge < -0.3 is 0 Å². The van der Waals surface area contributed by atoms with Crippen LogP contribution in [0.1, 0.15) is 0 Å². The molecule has 0 aromatic heterocycles. The molecule has 0 radical (unpaired) electrons. The third-order valence-corrected chi connectivity index (χ3v) is 0. The molecule has 52 valence electrons. The van der Waals surface area contributed by atoms with Gasteiger partial charge in [0.15, 0.2) is 0 Å². The van der Waals surface area contributed by atoms with Gasteiger partial charge in [-0.2, -0.15) is 0 Å². The van der Waals surface area contributed by atoms with E-state index in [9.17, 15) is 0 Å². The summed E-state index contributed by atoms with van der Waals surface area (Å²) in [4.78, 5) is 0. The summed E-state index contributed by atoms with van der Waals surface area (Å²) < 4.78 is 50.8. The van der Waals surface area contributed by atoms with E-state index in [0.29, 0.717) is 0 Å². The molecule has 0 amide bonds. The Labute approximate surface area is 117 Å². The second-order valence-corrected chi connectivity index (χ2v) is 0.866. The average Bonchev–Trinajstić information content (AvgIpc) is 1.70. The van der Waals surface area contributed by atoms with E-state index in [4.69, 9.17) is 23.9 Å². The zero-order chi connectivity index (χ0) is 8.12. The molecule has 0 bridgehead atoms. The molecule has 0 rings (SSSR count). The van der Waals surface area contributed by atoms with Crippen molar-refractivity contribution in [2.45, 2.75) is 0 Å². The van der Waals surface area contributed by atoms with Gasteiger partial charge >= 0.3 is 120 Å². The molecule has 0 N–H and O–H groups in total. The van der Waals surface area contributed by atoms with Gasteiger partial charge in [0, 0.05) is 0 Å².